The maximum atomic E-state index is 11.0. The average Bonchev–Trinajstić information content (AvgIpc) is 2.51. The summed E-state index contributed by atoms with van der Waals surface area (Å²) in [6.07, 6.45) is 0. The maximum Gasteiger partial charge on any atom is 0.338 e. The molecule has 2 aromatic rings. The summed E-state index contributed by atoms with van der Waals surface area (Å²) in [5, 5.41) is 12.1. The topological polar surface area (TPSA) is 37.3 Å². The monoisotopic (exact) mass is 338 g/mol. The number of halogens is 2. The third kappa shape index (κ3) is 1.51. The maximum absolute atomic E-state index is 11.0. The summed E-state index contributed by atoms with van der Waals surface area (Å²) in [6, 6.07) is 3.59. The molecule has 0 aliphatic heterocycles. The van der Waals surface area contributed by atoms with E-state index in [-0.39, 0.29) is 5.56 Å². The second-order valence-corrected chi connectivity index (χ2v) is 5.17. The fourth-order valence-corrected chi connectivity index (χ4v) is 3.69. The van der Waals surface area contributed by atoms with E-state index in [1.165, 1.54) is 11.3 Å². The highest BCUT2D eigenvalue weighted by Gasteiger charge is 2.16. The largest absolute Gasteiger partial charge is 0.478 e. The van der Waals surface area contributed by atoms with Gasteiger partial charge in [-0.3, -0.25) is 0 Å². The number of carbonyl (C=O) groups is 1. The van der Waals surface area contributed by atoms with Crippen LogP contribution in [0, 0.1) is 3.57 Å². The smallest absolute Gasteiger partial charge is 0.338 e. The van der Waals surface area contributed by atoms with E-state index in [0.29, 0.717) is 5.02 Å². The number of thiophene rings is 1. The normalized spacial score (nSPS) is 10.7. The molecule has 0 radical (unpaired) electrons. The van der Waals surface area contributed by atoms with Crippen LogP contribution >= 0.6 is 45.5 Å². The fraction of sp³-hybridized carbons (Fsp3) is 0. The molecule has 1 aromatic heterocycles. The Balaban J connectivity index is 2.93. The first-order chi connectivity index (χ1) is 6.61. The number of hydrogen-bond acceptors (Lipinski definition) is 2. The lowest BCUT2D eigenvalue weighted by molar-refractivity contribution is 0.0699. The van der Waals surface area contributed by atoms with Crippen molar-refractivity contribution in [3.63, 3.8) is 0 Å². The third-order valence-corrected chi connectivity index (χ3v) is 3.98. The molecule has 2 nitrogen and oxygen atoms in total. The van der Waals surface area contributed by atoms with Crippen molar-refractivity contribution in [2.24, 2.45) is 0 Å². The summed E-state index contributed by atoms with van der Waals surface area (Å²) in [7, 11) is 0. The Labute approximate surface area is 103 Å². The Kier molecular flexibility index (Phi) is 2.68. The Morgan fingerprint density at radius 2 is 2.29 bits per heavy atom. The molecule has 72 valence electrons. The minimum absolute atomic E-state index is 0.206. The number of benzene rings is 1. The molecule has 14 heavy (non-hydrogen) atoms. The van der Waals surface area contributed by atoms with Crippen LogP contribution in [0.3, 0.4) is 0 Å². The Bertz CT molecular complexity index is 521. The van der Waals surface area contributed by atoms with Crippen LogP contribution in [-0.2, 0) is 0 Å². The van der Waals surface area contributed by atoms with Gasteiger partial charge in [-0.15, -0.1) is 11.3 Å². The first-order valence-electron chi connectivity index (χ1n) is 3.69. The number of fused-ring (bicyclic) bond motifs is 1. The lowest BCUT2D eigenvalue weighted by Crippen LogP contribution is -1.98. The fourth-order valence-electron chi connectivity index (χ4n) is 1.26. The van der Waals surface area contributed by atoms with Gasteiger partial charge in [0.15, 0.2) is 0 Å². The Hall–Kier alpha value is -0.330. The van der Waals surface area contributed by atoms with Crippen LogP contribution < -0.4 is 0 Å². The molecule has 5 heteroatoms. The SMILES string of the molecule is O=C(O)c1c(Cl)cc(I)c2ccsc12. The molecule has 0 aliphatic rings. The molecule has 0 spiro atoms. The van der Waals surface area contributed by atoms with Gasteiger partial charge in [-0.2, -0.15) is 0 Å². The average molecular weight is 339 g/mol. The van der Waals surface area contributed by atoms with E-state index in [4.69, 9.17) is 16.7 Å². The number of carboxylic acids is 1. The van der Waals surface area contributed by atoms with Crippen LogP contribution in [0.2, 0.25) is 5.02 Å². The van der Waals surface area contributed by atoms with E-state index in [1.54, 1.807) is 6.07 Å². The van der Waals surface area contributed by atoms with E-state index in [2.05, 4.69) is 22.6 Å². The summed E-state index contributed by atoms with van der Waals surface area (Å²) in [6.45, 7) is 0. The zero-order valence-corrected chi connectivity index (χ0v) is 10.5. The number of hydrogen-bond donors (Lipinski definition) is 1. The molecule has 0 aliphatic carbocycles. The molecule has 0 unspecified atom stereocenters. The minimum Gasteiger partial charge on any atom is -0.478 e. The molecule has 0 bridgehead atoms. The van der Waals surface area contributed by atoms with E-state index < -0.39 is 5.97 Å². The predicted molar refractivity (Wildman–Crippen MR) is 66.5 cm³/mol. The van der Waals surface area contributed by atoms with Gasteiger partial charge in [0.1, 0.15) is 0 Å². The van der Waals surface area contributed by atoms with Crippen LogP contribution in [0.25, 0.3) is 10.1 Å². The van der Waals surface area contributed by atoms with Gasteiger partial charge in [0.05, 0.1) is 15.3 Å². The van der Waals surface area contributed by atoms with Crippen LogP contribution in [0.15, 0.2) is 17.5 Å². The molecular weight excluding hydrogens is 335 g/mol. The van der Waals surface area contributed by atoms with Gasteiger partial charge in [0, 0.05) is 8.96 Å². The van der Waals surface area contributed by atoms with Gasteiger partial charge in [-0.1, -0.05) is 11.6 Å². The van der Waals surface area contributed by atoms with E-state index in [0.717, 1.165) is 13.7 Å². The summed E-state index contributed by atoms with van der Waals surface area (Å²) in [5.74, 6) is -0.973. The molecular formula is C9H4ClIO2S. The molecule has 0 amide bonds. The molecule has 1 N–H and O–H groups in total. The molecule has 0 fully saturated rings. The van der Waals surface area contributed by atoms with Crippen molar-refractivity contribution in [3.8, 4) is 0 Å². The van der Waals surface area contributed by atoms with Crippen molar-refractivity contribution < 1.29 is 9.90 Å². The standard InChI is InChI=1S/C9H4ClIO2S/c10-5-3-6(11)4-1-2-14-8(4)7(5)9(12)13/h1-3H,(H,12,13). The zero-order chi connectivity index (χ0) is 10.3. The second kappa shape index (κ2) is 3.67. The first kappa shape index (κ1) is 10.2. The first-order valence-corrected chi connectivity index (χ1v) is 6.03. The van der Waals surface area contributed by atoms with Gasteiger partial charge in [-0.25, -0.2) is 4.79 Å². The zero-order valence-electron chi connectivity index (χ0n) is 6.75. The van der Waals surface area contributed by atoms with Crippen molar-refractivity contribution in [3.05, 3.63) is 31.7 Å². The van der Waals surface area contributed by atoms with Crippen LogP contribution in [0.5, 0.6) is 0 Å². The Morgan fingerprint density at radius 3 is 2.93 bits per heavy atom. The number of rotatable bonds is 1. The molecule has 0 atom stereocenters. The molecule has 1 aromatic carbocycles. The highest BCUT2D eigenvalue weighted by atomic mass is 127. The van der Waals surface area contributed by atoms with Gasteiger partial charge in [-0.05, 0) is 40.1 Å². The lowest BCUT2D eigenvalue weighted by Gasteiger charge is -2.02. The van der Waals surface area contributed by atoms with E-state index in [1.807, 2.05) is 11.4 Å². The van der Waals surface area contributed by atoms with Gasteiger partial charge in [0.2, 0.25) is 0 Å². The number of aromatic carboxylic acids is 1. The van der Waals surface area contributed by atoms with Gasteiger partial charge in [0.25, 0.3) is 0 Å². The van der Waals surface area contributed by atoms with E-state index in [9.17, 15) is 4.79 Å². The van der Waals surface area contributed by atoms with Crippen LogP contribution in [0.4, 0.5) is 0 Å². The van der Waals surface area contributed by atoms with Crippen LogP contribution in [0.1, 0.15) is 10.4 Å². The number of carboxylic acid groups (broad SMARTS) is 1. The van der Waals surface area contributed by atoms with Gasteiger partial charge >= 0.3 is 5.97 Å². The molecule has 1 heterocycles. The lowest BCUT2D eigenvalue weighted by atomic mass is 10.2. The van der Waals surface area contributed by atoms with E-state index >= 15 is 0 Å². The third-order valence-electron chi connectivity index (χ3n) is 1.86. The highest BCUT2D eigenvalue weighted by molar-refractivity contribution is 14.1. The van der Waals surface area contributed by atoms with Crippen molar-refractivity contribution >= 4 is 61.6 Å². The van der Waals surface area contributed by atoms with Crippen molar-refractivity contribution in [1.29, 1.82) is 0 Å². The predicted octanol–water partition coefficient (Wildman–Crippen LogP) is 3.86. The molecule has 0 saturated heterocycles. The van der Waals surface area contributed by atoms with Crippen LogP contribution in [-0.4, -0.2) is 11.1 Å². The highest BCUT2D eigenvalue weighted by Crippen LogP contribution is 2.33. The Morgan fingerprint density at radius 1 is 1.57 bits per heavy atom. The summed E-state index contributed by atoms with van der Waals surface area (Å²) in [4.78, 5) is 11.0. The van der Waals surface area contributed by atoms with Crippen molar-refractivity contribution in [2.45, 2.75) is 0 Å². The molecule has 2 rings (SSSR count). The molecule has 0 saturated carbocycles. The van der Waals surface area contributed by atoms with Crippen molar-refractivity contribution in [1.82, 2.24) is 0 Å². The summed E-state index contributed by atoms with van der Waals surface area (Å²) >= 11 is 9.43. The van der Waals surface area contributed by atoms with Crippen molar-refractivity contribution in [2.75, 3.05) is 0 Å². The van der Waals surface area contributed by atoms with Gasteiger partial charge < -0.3 is 5.11 Å². The second-order valence-electron chi connectivity index (χ2n) is 2.68. The summed E-state index contributed by atoms with van der Waals surface area (Å²) < 4.78 is 1.73. The minimum atomic E-state index is -0.973. The summed E-state index contributed by atoms with van der Waals surface area (Å²) in [5.41, 5.74) is 0.206. The quantitative estimate of drug-likeness (QED) is 0.802.